The van der Waals surface area contributed by atoms with Crippen molar-refractivity contribution >= 4 is 11.6 Å². The lowest BCUT2D eigenvalue weighted by molar-refractivity contribution is -0.137. The van der Waals surface area contributed by atoms with Gasteiger partial charge in [-0.1, -0.05) is 17.7 Å². The normalized spacial score (nSPS) is 13.9. The van der Waals surface area contributed by atoms with Crippen LogP contribution in [0.15, 0.2) is 18.2 Å². The highest BCUT2D eigenvalue weighted by atomic mass is 35.5. The van der Waals surface area contributed by atoms with Gasteiger partial charge in [-0.3, -0.25) is 0 Å². The lowest BCUT2D eigenvalue weighted by Crippen LogP contribution is -2.06. The van der Waals surface area contributed by atoms with Crippen molar-refractivity contribution < 1.29 is 18.3 Å². The molecule has 0 spiro atoms. The first-order valence-electron chi connectivity index (χ1n) is 4.84. The van der Waals surface area contributed by atoms with Crippen LogP contribution in [0.25, 0.3) is 0 Å². The van der Waals surface area contributed by atoms with E-state index in [1.807, 2.05) is 0 Å². The number of aryl methyl sites for hydroxylation is 1. The quantitative estimate of drug-likeness (QED) is 0.870. The number of benzene rings is 1. The summed E-state index contributed by atoms with van der Waals surface area (Å²) in [6.07, 6.45) is -3.88. The van der Waals surface area contributed by atoms with Crippen LogP contribution in [0.5, 0.6) is 0 Å². The van der Waals surface area contributed by atoms with Crippen LogP contribution in [-0.2, 0) is 12.6 Å². The van der Waals surface area contributed by atoms with Crippen molar-refractivity contribution in [2.75, 3.05) is 0 Å². The molecule has 0 aliphatic heterocycles. The Kier molecular flexibility index (Phi) is 4.21. The first-order valence-corrected chi connectivity index (χ1v) is 5.22. The third kappa shape index (κ3) is 3.68. The Bertz CT molecular complexity index is 361. The molecule has 0 unspecified atom stereocenters. The van der Waals surface area contributed by atoms with Crippen molar-refractivity contribution in [3.8, 4) is 0 Å². The minimum atomic E-state index is -4.42. The van der Waals surface area contributed by atoms with Crippen LogP contribution < -0.4 is 0 Å². The summed E-state index contributed by atoms with van der Waals surface area (Å²) in [4.78, 5) is 0. The van der Waals surface area contributed by atoms with Crippen LogP contribution in [0, 0.1) is 0 Å². The SMILES string of the molecule is C[C@@H](O)CCc1ccc(C(F)(F)F)c(Cl)c1. The Morgan fingerprint density at radius 3 is 2.44 bits per heavy atom. The summed E-state index contributed by atoms with van der Waals surface area (Å²) < 4.78 is 37.1. The zero-order chi connectivity index (χ0) is 12.3. The second kappa shape index (κ2) is 5.06. The van der Waals surface area contributed by atoms with Crippen molar-refractivity contribution in [2.45, 2.75) is 32.0 Å². The van der Waals surface area contributed by atoms with E-state index in [1.165, 1.54) is 12.1 Å². The topological polar surface area (TPSA) is 20.2 Å². The van der Waals surface area contributed by atoms with Gasteiger partial charge in [0.15, 0.2) is 0 Å². The molecule has 0 saturated heterocycles. The summed E-state index contributed by atoms with van der Waals surface area (Å²) in [5, 5.41) is 8.76. The van der Waals surface area contributed by atoms with Crippen LogP contribution in [0.4, 0.5) is 13.2 Å². The number of alkyl halides is 3. The molecule has 0 bridgehead atoms. The highest BCUT2D eigenvalue weighted by Crippen LogP contribution is 2.35. The van der Waals surface area contributed by atoms with E-state index in [0.717, 1.165) is 6.07 Å². The molecule has 0 amide bonds. The van der Waals surface area contributed by atoms with Crippen LogP contribution in [0.1, 0.15) is 24.5 Å². The zero-order valence-electron chi connectivity index (χ0n) is 8.68. The maximum absolute atomic E-state index is 12.4. The van der Waals surface area contributed by atoms with Gasteiger partial charge in [0.2, 0.25) is 0 Å². The van der Waals surface area contributed by atoms with Gasteiger partial charge in [-0.25, -0.2) is 0 Å². The van der Waals surface area contributed by atoms with Crippen LogP contribution >= 0.6 is 11.6 Å². The molecule has 1 aromatic rings. The minimum absolute atomic E-state index is 0.296. The highest BCUT2D eigenvalue weighted by molar-refractivity contribution is 6.31. The average Bonchev–Trinajstić information content (AvgIpc) is 2.12. The fourth-order valence-corrected chi connectivity index (χ4v) is 1.63. The maximum atomic E-state index is 12.4. The smallest absolute Gasteiger partial charge is 0.393 e. The zero-order valence-corrected chi connectivity index (χ0v) is 9.44. The fraction of sp³-hybridized carbons (Fsp3) is 0.455. The van der Waals surface area contributed by atoms with Gasteiger partial charge in [-0.2, -0.15) is 13.2 Å². The summed E-state index contributed by atoms with van der Waals surface area (Å²) in [6.45, 7) is 1.63. The summed E-state index contributed by atoms with van der Waals surface area (Å²) in [5.41, 5.74) is -0.131. The Hall–Kier alpha value is -0.740. The Morgan fingerprint density at radius 1 is 1.38 bits per heavy atom. The predicted molar refractivity (Wildman–Crippen MR) is 56.5 cm³/mol. The molecule has 1 atom stereocenters. The Balaban J connectivity index is 2.83. The van der Waals surface area contributed by atoms with Crippen molar-refractivity contribution in [1.29, 1.82) is 0 Å². The molecule has 0 saturated carbocycles. The van der Waals surface area contributed by atoms with E-state index in [0.29, 0.717) is 18.4 Å². The van der Waals surface area contributed by atoms with Crippen molar-refractivity contribution in [3.63, 3.8) is 0 Å². The molecule has 1 aromatic carbocycles. The summed E-state index contributed by atoms with van der Waals surface area (Å²) in [7, 11) is 0. The van der Waals surface area contributed by atoms with Gasteiger partial charge in [0.1, 0.15) is 0 Å². The lowest BCUT2D eigenvalue weighted by Gasteiger charge is -2.10. The molecular formula is C11H12ClF3O. The molecule has 0 radical (unpaired) electrons. The molecule has 0 fully saturated rings. The van der Waals surface area contributed by atoms with Gasteiger partial charge < -0.3 is 5.11 Å². The molecule has 5 heteroatoms. The Morgan fingerprint density at radius 2 is 2.00 bits per heavy atom. The lowest BCUT2D eigenvalue weighted by atomic mass is 10.1. The number of hydrogen-bond acceptors (Lipinski definition) is 1. The van der Waals surface area contributed by atoms with E-state index in [4.69, 9.17) is 16.7 Å². The molecule has 16 heavy (non-hydrogen) atoms. The fourth-order valence-electron chi connectivity index (χ4n) is 1.32. The van der Waals surface area contributed by atoms with Gasteiger partial charge >= 0.3 is 6.18 Å². The van der Waals surface area contributed by atoms with E-state index >= 15 is 0 Å². The first-order chi connectivity index (χ1) is 7.30. The van der Waals surface area contributed by atoms with Crippen LogP contribution in [-0.4, -0.2) is 11.2 Å². The van der Waals surface area contributed by atoms with Crippen molar-refractivity contribution in [2.24, 2.45) is 0 Å². The summed E-state index contributed by atoms with van der Waals surface area (Å²) in [6, 6.07) is 3.66. The highest BCUT2D eigenvalue weighted by Gasteiger charge is 2.32. The van der Waals surface area contributed by atoms with E-state index in [-0.39, 0.29) is 5.02 Å². The van der Waals surface area contributed by atoms with Crippen molar-refractivity contribution in [1.82, 2.24) is 0 Å². The summed E-state index contributed by atoms with van der Waals surface area (Å²) in [5.74, 6) is 0. The Labute approximate surface area is 96.9 Å². The molecule has 1 rings (SSSR count). The van der Waals surface area contributed by atoms with Gasteiger partial charge in [0, 0.05) is 0 Å². The van der Waals surface area contributed by atoms with Gasteiger partial charge in [0.05, 0.1) is 16.7 Å². The summed E-state index contributed by atoms with van der Waals surface area (Å²) >= 11 is 5.55. The number of aliphatic hydroxyl groups is 1. The molecule has 1 nitrogen and oxygen atoms in total. The molecule has 90 valence electrons. The van der Waals surface area contributed by atoms with Crippen LogP contribution in [0.2, 0.25) is 5.02 Å². The molecule has 0 aromatic heterocycles. The third-order valence-electron chi connectivity index (χ3n) is 2.19. The maximum Gasteiger partial charge on any atom is 0.417 e. The van der Waals surface area contributed by atoms with Gasteiger partial charge in [-0.05, 0) is 37.5 Å². The van der Waals surface area contributed by atoms with E-state index in [2.05, 4.69) is 0 Å². The first kappa shape index (κ1) is 13.3. The molecule has 0 aliphatic rings. The molecule has 0 aliphatic carbocycles. The molecule has 0 heterocycles. The predicted octanol–water partition coefficient (Wildman–Crippen LogP) is 3.67. The number of halogens is 4. The van der Waals surface area contributed by atoms with E-state index < -0.39 is 17.8 Å². The van der Waals surface area contributed by atoms with Gasteiger partial charge in [-0.15, -0.1) is 0 Å². The van der Waals surface area contributed by atoms with Gasteiger partial charge in [0.25, 0.3) is 0 Å². The second-order valence-corrected chi connectivity index (χ2v) is 4.11. The van der Waals surface area contributed by atoms with E-state index in [1.54, 1.807) is 6.92 Å². The average molecular weight is 253 g/mol. The third-order valence-corrected chi connectivity index (χ3v) is 2.50. The van der Waals surface area contributed by atoms with E-state index in [9.17, 15) is 13.2 Å². The number of aliphatic hydroxyl groups excluding tert-OH is 1. The van der Waals surface area contributed by atoms with Crippen LogP contribution in [0.3, 0.4) is 0 Å². The molecule has 1 N–H and O–H groups in total. The minimum Gasteiger partial charge on any atom is -0.393 e. The standard InChI is InChI=1S/C11H12ClF3O/c1-7(16)2-3-8-4-5-9(10(12)6-8)11(13,14)15/h4-7,16H,2-3H2,1H3/t7-/m1/s1. The number of hydrogen-bond donors (Lipinski definition) is 1. The monoisotopic (exact) mass is 252 g/mol. The van der Waals surface area contributed by atoms with Crippen molar-refractivity contribution in [3.05, 3.63) is 34.3 Å². The molecular weight excluding hydrogens is 241 g/mol. The number of rotatable bonds is 3. The largest absolute Gasteiger partial charge is 0.417 e. The second-order valence-electron chi connectivity index (χ2n) is 3.70.